The molecule has 0 aliphatic heterocycles. The van der Waals surface area contributed by atoms with Gasteiger partial charge in [-0.25, -0.2) is 9.97 Å². The van der Waals surface area contributed by atoms with Crippen molar-refractivity contribution in [1.29, 1.82) is 0 Å². The molecule has 0 aliphatic carbocycles. The van der Waals surface area contributed by atoms with E-state index in [9.17, 15) is 0 Å². The maximum atomic E-state index is 6.09. The van der Waals surface area contributed by atoms with Gasteiger partial charge in [0.05, 0.1) is 6.26 Å². The Balaban J connectivity index is 2.29. The second kappa shape index (κ2) is 3.57. The second-order valence-electron chi connectivity index (χ2n) is 3.41. The van der Waals surface area contributed by atoms with Crippen LogP contribution in [0.5, 0.6) is 0 Å². The summed E-state index contributed by atoms with van der Waals surface area (Å²) in [5.41, 5.74) is 1.01. The van der Waals surface area contributed by atoms with Gasteiger partial charge in [0, 0.05) is 5.39 Å². The molecule has 0 aromatic carbocycles. The summed E-state index contributed by atoms with van der Waals surface area (Å²) in [6.07, 6.45) is 1.63. The summed E-state index contributed by atoms with van der Waals surface area (Å²) in [5.74, 6) is 1.22. The van der Waals surface area contributed by atoms with Gasteiger partial charge in [0.15, 0.2) is 11.6 Å². The van der Waals surface area contributed by atoms with Crippen molar-refractivity contribution in [3.63, 3.8) is 0 Å². The zero-order valence-corrected chi connectivity index (χ0v) is 9.97. The van der Waals surface area contributed by atoms with E-state index in [4.69, 9.17) is 16.0 Å². The summed E-state index contributed by atoms with van der Waals surface area (Å²) in [7, 11) is 0. The fourth-order valence-corrected chi connectivity index (χ4v) is 2.58. The molecule has 0 atom stereocenters. The molecule has 0 saturated carbocycles. The molecule has 0 amide bonds. The highest BCUT2D eigenvalue weighted by Crippen LogP contribution is 2.29. The highest BCUT2D eigenvalue weighted by molar-refractivity contribution is 7.16. The van der Waals surface area contributed by atoms with E-state index >= 15 is 0 Å². The lowest BCUT2D eigenvalue weighted by Crippen LogP contribution is -1.89. The number of fused-ring (bicyclic) bond motifs is 1. The van der Waals surface area contributed by atoms with Gasteiger partial charge in [0.1, 0.15) is 9.98 Å². The molecule has 0 N–H and O–H groups in total. The number of hydrogen-bond donors (Lipinski definition) is 0. The third kappa shape index (κ3) is 1.42. The first-order chi connectivity index (χ1) is 7.75. The van der Waals surface area contributed by atoms with Crippen LogP contribution < -0.4 is 0 Å². The Bertz CT molecular complexity index is 659. The smallest absolute Gasteiger partial charge is 0.198 e. The number of aryl methyl sites for hydroxylation is 1. The number of nitrogens with zero attached hydrogens (tertiary/aromatic N) is 2. The van der Waals surface area contributed by atoms with Gasteiger partial charge in [-0.2, -0.15) is 0 Å². The number of thiophene rings is 1. The molecule has 3 aromatic heterocycles. The molecular weight excluding hydrogens is 244 g/mol. The van der Waals surface area contributed by atoms with Crippen LogP contribution in [0.4, 0.5) is 0 Å². The Morgan fingerprint density at radius 2 is 2.19 bits per heavy atom. The molecule has 3 nitrogen and oxygen atoms in total. The average molecular weight is 251 g/mol. The van der Waals surface area contributed by atoms with Crippen molar-refractivity contribution >= 4 is 33.2 Å². The lowest BCUT2D eigenvalue weighted by atomic mass is 10.2. The molecular formula is C11H7ClN2OS. The summed E-state index contributed by atoms with van der Waals surface area (Å²) >= 11 is 7.63. The van der Waals surface area contributed by atoms with Gasteiger partial charge < -0.3 is 4.42 Å². The predicted molar refractivity (Wildman–Crippen MR) is 64.9 cm³/mol. The fourth-order valence-electron chi connectivity index (χ4n) is 1.52. The summed E-state index contributed by atoms with van der Waals surface area (Å²) in [5, 5.41) is 3.31. The minimum absolute atomic E-state index is 0.469. The largest absolute Gasteiger partial charge is 0.461 e. The summed E-state index contributed by atoms with van der Waals surface area (Å²) < 4.78 is 5.35. The van der Waals surface area contributed by atoms with Gasteiger partial charge in [-0.1, -0.05) is 11.6 Å². The SMILES string of the molecule is Cc1ccoc1-c1nc(Cl)c2ccsc2n1. The molecule has 80 valence electrons. The summed E-state index contributed by atoms with van der Waals surface area (Å²) in [6.45, 7) is 1.95. The third-order valence-corrected chi connectivity index (χ3v) is 3.44. The average Bonchev–Trinajstić information content (AvgIpc) is 2.85. The fraction of sp³-hybridized carbons (Fsp3) is 0.0909. The Morgan fingerprint density at radius 3 is 2.94 bits per heavy atom. The number of furan rings is 1. The maximum Gasteiger partial charge on any atom is 0.198 e. The van der Waals surface area contributed by atoms with Crippen LogP contribution in [0.3, 0.4) is 0 Å². The first-order valence-electron chi connectivity index (χ1n) is 4.71. The third-order valence-electron chi connectivity index (χ3n) is 2.34. The van der Waals surface area contributed by atoms with E-state index in [2.05, 4.69) is 9.97 Å². The number of aromatic nitrogens is 2. The van der Waals surface area contributed by atoms with Crippen molar-refractivity contribution < 1.29 is 4.42 Å². The Kier molecular flexibility index (Phi) is 2.19. The highest BCUT2D eigenvalue weighted by Gasteiger charge is 2.12. The topological polar surface area (TPSA) is 38.9 Å². The van der Waals surface area contributed by atoms with Crippen molar-refractivity contribution in [3.8, 4) is 11.6 Å². The van der Waals surface area contributed by atoms with Gasteiger partial charge in [0.25, 0.3) is 0 Å². The van der Waals surface area contributed by atoms with E-state index in [0.717, 1.165) is 15.8 Å². The molecule has 0 spiro atoms. The van der Waals surface area contributed by atoms with Crippen LogP contribution in [-0.2, 0) is 0 Å². The van der Waals surface area contributed by atoms with Crippen LogP contribution in [0.15, 0.2) is 28.2 Å². The Hall–Kier alpha value is -1.39. The van der Waals surface area contributed by atoms with Crippen LogP contribution in [0.1, 0.15) is 5.56 Å². The van der Waals surface area contributed by atoms with Crippen molar-refractivity contribution in [1.82, 2.24) is 9.97 Å². The Morgan fingerprint density at radius 1 is 1.31 bits per heavy atom. The lowest BCUT2D eigenvalue weighted by molar-refractivity contribution is 0.576. The van der Waals surface area contributed by atoms with Crippen LogP contribution in [0.25, 0.3) is 21.8 Å². The molecule has 0 saturated heterocycles. The van der Waals surface area contributed by atoms with Crippen LogP contribution in [0.2, 0.25) is 5.15 Å². The molecule has 0 bridgehead atoms. The van der Waals surface area contributed by atoms with Crippen molar-refractivity contribution in [3.05, 3.63) is 34.5 Å². The number of hydrogen-bond acceptors (Lipinski definition) is 4. The van der Waals surface area contributed by atoms with Gasteiger partial charge >= 0.3 is 0 Å². The van der Waals surface area contributed by atoms with Crippen molar-refractivity contribution in [2.24, 2.45) is 0 Å². The van der Waals surface area contributed by atoms with Gasteiger partial charge in [-0.15, -0.1) is 11.3 Å². The molecule has 0 fully saturated rings. The quantitative estimate of drug-likeness (QED) is 0.615. The molecule has 5 heteroatoms. The van der Waals surface area contributed by atoms with E-state index in [1.54, 1.807) is 17.6 Å². The maximum absolute atomic E-state index is 6.09. The number of rotatable bonds is 1. The van der Waals surface area contributed by atoms with Crippen molar-refractivity contribution in [2.45, 2.75) is 6.92 Å². The van der Waals surface area contributed by atoms with Crippen LogP contribution >= 0.6 is 22.9 Å². The summed E-state index contributed by atoms with van der Waals surface area (Å²) in [6, 6.07) is 3.80. The van der Waals surface area contributed by atoms with Crippen molar-refractivity contribution in [2.75, 3.05) is 0 Å². The van der Waals surface area contributed by atoms with Gasteiger partial charge in [0.2, 0.25) is 0 Å². The highest BCUT2D eigenvalue weighted by atomic mass is 35.5. The zero-order valence-electron chi connectivity index (χ0n) is 8.40. The molecule has 3 rings (SSSR count). The first-order valence-corrected chi connectivity index (χ1v) is 5.96. The van der Waals surface area contributed by atoms with Gasteiger partial charge in [-0.3, -0.25) is 0 Å². The predicted octanol–water partition coefficient (Wildman–Crippen LogP) is 3.91. The molecule has 3 aromatic rings. The van der Waals surface area contributed by atoms with E-state index in [-0.39, 0.29) is 0 Å². The summed E-state index contributed by atoms with van der Waals surface area (Å²) in [4.78, 5) is 9.55. The van der Waals surface area contributed by atoms with E-state index in [1.165, 1.54) is 0 Å². The standard InChI is InChI=1S/C11H7ClN2OS/c1-6-2-4-15-8(6)10-13-9(12)7-3-5-16-11(7)14-10/h2-5H,1H3. The normalized spacial score (nSPS) is 11.1. The van der Waals surface area contributed by atoms with E-state index in [0.29, 0.717) is 16.7 Å². The molecule has 3 heterocycles. The van der Waals surface area contributed by atoms with Crippen LogP contribution in [-0.4, -0.2) is 9.97 Å². The van der Waals surface area contributed by atoms with Crippen LogP contribution in [0, 0.1) is 6.92 Å². The van der Waals surface area contributed by atoms with Gasteiger partial charge in [-0.05, 0) is 30.0 Å². The molecule has 0 aliphatic rings. The zero-order chi connectivity index (χ0) is 11.1. The van der Waals surface area contributed by atoms with E-state index < -0.39 is 0 Å². The second-order valence-corrected chi connectivity index (χ2v) is 4.66. The Labute approximate surface area is 101 Å². The molecule has 16 heavy (non-hydrogen) atoms. The minimum atomic E-state index is 0.469. The first kappa shape index (κ1) is 9.81. The molecule has 0 unspecified atom stereocenters. The molecule has 0 radical (unpaired) electrons. The monoisotopic (exact) mass is 250 g/mol. The van der Waals surface area contributed by atoms with E-state index in [1.807, 2.05) is 24.4 Å². The lowest BCUT2D eigenvalue weighted by Gasteiger charge is -1.99. The number of halogens is 1. The minimum Gasteiger partial charge on any atom is -0.461 e.